The predicted molar refractivity (Wildman–Crippen MR) is 53.3 cm³/mol. The third-order valence-corrected chi connectivity index (χ3v) is 2.06. The first-order valence-corrected chi connectivity index (χ1v) is 4.41. The molecule has 72 valence electrons. The normalized spacial score (nSPS) is 10.6. The second kappa shape index (κ2) is 3.26. The van der Waals surface area contributed by atoms with E-state index in [1.807, 2.05) is 6.92 Å². The zero-order chi connectivity index (χ0) is 10.1. The van der Waals surface area contributed by atoms with Crippen molar-refractivity contribution in [1.82, 2.24) is 19.5 Å². The van der Waals surface area contributed by atoms with E-state index in [2.05, 4.69) is 31.7 Å². The van der Waals surface area contributed by atoms with Gasteiger partial charge in [0.05, 0.1) is 6.33 Å². The molecule has 0 unspecified atom stereocenters. The number of aryl methyl sites for hydroxylation is 1. The van der Waals surface area contributed by atoms with Crippen LogP contribution in [0.15, 0.2) is 15.5 Å². The van der Waals surface area contributed by atoms with Gasteiger partial charge in [-0.05, 0) is 6.92 Å². The molecule has 7 heteroatoms. The molecule has 0 fully saturated rings. The van der Waals surface area contributed by atoms with Crippen molar-refractivity contribution in [1.29, 1.82) is 0 Å². The average Bonchev–Trinajstić information content (AvgIpc) is 2.61. The number of nitrogens with one attached hydrogen (secondary N) is 1. The molecule has 2 rings (SSSR count). The molecule has 0 saturated carbocycles. The van der Waals surface area contributed by atoms with Gasteiger partial charge in [-0.1, -0.05) is 0 Å². The molecule has 0 aliphatic heterocycles. The summed E-state index contributed by atoms with van der Waals surface area (Å²) in [6.07, 6.45) is 1.57. The lowest BCUT2D eigenvalue weighted by Crippen LogP contribution is -2.08. The van der Waals surface area contributed by atoms with Crippen LogP contribution < -0.4 is 5.56 Å². The fourth-order valence-electron chi connectivity index (χ4n) is 1.22. The minimum Gasteiger partial charge on any atom is -0.315 e. The zero-order valence-electron chi connectivity index (χ0n) is 7.39. The topological polar surface area (TPSA) is 75.9 Å². The third kappa shape index (κ3) is 1.22. The van der Waals surface area contributed by atoms with E-state index in [0.717, 1.165) is 0 Å². The van der Waals surface area contributed by atoms with E-state index in [4.69, 9.17) is 0 Å². The molecule has 0 radical (unpaired) electrons. The van der Waals surface area contributed by atoms with Gasteiger partial charge in [-0.2, -0.15) is 4.98 Å². The lowest BCUT2D eigenvalue weighted by molar-refractivity contribution is 0.777. The van der Waals surface area contributed by atoms with Crippen LogP contribution in [0.2, 0.25) is 0 Å². The Balaban J connectivity index is 2.87. The highest BCUT2D eigenvalue weighted by Gasteiger charge is 2.08. The van der Waals surface area contributed by atoms with Crippen LogP contribution in [0.1, 0.15) is 6.92 Å². The van der Waals surface area contributed by atoms with E-state index in [-0.39, 0.29) is 11.5 Å². The molecule has 0 atom stereocenters. The average molecular weight is 209 g/mol. The van der Waals surface area contributed by atoms with Crippen LogP contribution in [-0.2, 0) is 19.0 Å². The maximum atomic E-state index is 11.4. The number of nitrogens with zero attached hydrogens (tertiary/aromatic N) is 4. The van der Waals surface area contributed by atoms with E-state index in [0.29, 0.717) is 17.7 Å². The molecule has 0 aliphatic rings. The Morgan fingerprint density at radius 3 is 3.14 bits per heavy atom. The summed E-state index contributed by atoms with van der Waals surface area (Å²) < 4.78 is 5.17. The Hall–Kier alpha value is -1.63. The molecule has 0 spiro atoms. The number of aromatic amines is 1. The second-order valence-electron chi connectivity index (χ2n) is 2.68. The van der Waals surface area contributed by atoms with Crippen molar-refractivity contribution in [3.8, 4) is 0 Å². The van der Waals surface area contributed by atoms with Crippen LogP contribution >= 0.6 is 0 Å². The lowest BCUT2D eigenvalue weighted by Gasteiger charge is -1.96. The molecule has 0 aromatic carbocycles. The van der Waals surface area contributed by atoms with E-state index in [1.165, 1.54) is 0 Å². The standard InChI is InChI=1S/C7H7N5OS/c1-2-12-3-8-4-5(12)9-7(11-14)10-6(4)13/h3H,2H2,1H3,(H,9,10,13). The maximum absolute atomic E-state index is 11.4. The van der Waals surface area contributed by atoms with Crippen molar-refractivity contribution in [2.24, 2.45) is 4.36 Å². The Morgan fingerprint density at radius 2 is 2.50 bits per heavy atom. The highest BCUT2D eigenvalue weighted by atomic mass is 32.1. The molecule has 1 N–H and O–H groups in total. The largest absolute Gasteiger partial charge is 0.315 e. The first-order chi connectivity index (χ1) is 6.76. The number of fused-ring (bicyclic) bond motifs is 1. The number of hydrogen-bond acceptors (Lipinski definition) is 5. The molecule has 0 bridgehead atoms. The molecule has 0 aliphatic carbocycles. The number of imidazole rings is 1. The quantitative estimate of drug-likeness (QED) is 0.781. The van der Waals surface area contributed by atoms with Gasteiger partial charge < -0.3 is 4.57 Å². The van der Waals surface area contributed by atoms with E-state index >= 15 is 0 Å². The summed E-state index contributed by atoms with van der Waals surface area (Å²) in [5, 5.41) is 0. The molecule has 2 heterocycles. The zero-order valence-corrected chi connectivity index (χ0v) is 8.21. The Kier molecular flexibility index (Phi) is 2.08. The number of rotatable bonds is 2. The Labute approximate surface area is 84.2 Å². The fraction of sp³-hybridized carbons (Fsp3) is 0.286. The summed E-state index contributed by atoms with van der Waals surface area (Å²) in [5.74, 6) is 0.146. The summed E-state index contributed by atoms with van der Waals surface area (Å²) in [6.45, 7) is 2.64. The molecular weight excluding hydrogens is 202 g/mol. The molecular formula is C7H7N5OS. The van der Waals surface area contributed by atoms with Crippen LogP contribution in [0.3, 0.4) is 0 Å². The van der Waals surface area contributed by atoms with Crippen LogP contribution in [0.25, 0.3) is 11.2 Å². The van der Waals surface area contributed by atoms with E-state index < -0.39 is 0 Å². The summed E-state index contributed by atoms with van der Waals surface area (Å²) in [5.41, 5.74) is 0.514. The highest BCUT2D eigenvalue weighted by molar-refractivity contribution is 7.47. The van der Waals surface area contributed by atoms with Crippen LogP contribution in [-0.4, -0.2) is 19.5 Å². The fourth-order valence-corrected chi connectivity index (χ4v) is 1.30. The minimum absolute atomic E-state index is 0.146. The molecule has 14 heavy (non-hydrogen) atoms. The van der Waals surface area contributed by atoms with Crippen molar-refractivity contribution < 1.29 is 0 Å². The molecule has 0 saturated heterocycles. The van der Waals surface area contributed by atoms with Gasteiger partial charge in [0.15, 0.2) is 11.2 Å². The van der Waals surface area contributed by atoms with Gasteiger partial charge in [0.25, 0.3) is 5.56 Å². The smallest absolute Gasteiger partial charge is 0.280 e. The van der Waals surface area contributed by atoms with Gasteiger partial charge in [-0.3, -0.25) is 9.78 Å². The minimum atomic E-state index is -0.314. The SMILES string of the molecule is CCn1cnc2c(=O)[nH]c(N=S)nc21. The van der Waals surface area contributed by atoms with E-state index in [1.54, 1.807) is 10.9 Å². The van der Waals surface area contributed by atoms with Gasteiger partial charge in [0, 0.05) is 19.0 Å². The van der Waals surface area contributed by atoms with Gasteiger partial charge in [0.1, 0.15) is 0 Å². The summed E-state index contributed by atoms with van der Waals surface area (Å²) in [6, 6.07) is 0. The molecule has 0 amide bonds. The molecule has 2 aromatic heterocycles. The van der Waals surface area contributed by atoms with Crippen molar-refractivity contribution >= 4 is 29.5 Å². The second-order valence-corrected chi connectivity index (χ2v) is 2.87. The third-order valence-electron chi connectivity index (χ3n) is 1.89. The number of H-pyrrole nitrogens is 1. The van der Waals surface area contributed by atoms with E-state index in [9.17, 15) is 4.79 Å². The van der Waals surface area contributed by atoms with Crippen molar-refractivity contribution in [3.05, 3.63) is 16.7 Å². The maximum Gasteiger partial charge on any atom is 0.280 e. The Morgan fingerprint density at radius 1 is 1.71 bits per heavy atom. The van der Waals surface area contributed by atoms with Gasteiger partial charge >= 0.3 is 0 Å². The summed E-state index contributed by atoms with van der Waals surface area (Å²) in [4.78, 5) is 21.8. The van der Waals surface area contributed by atoms with Gasteiger partial charge in [-0.15, -0.1) is 4.36 Å². The van der Waals surface area contributed by atoms with Crippen molar-refractivity contribution in [2.45, 2.75) is 13.5 Å². The lowest BCUT2D eigenvalue weighted by atomic mass is 10.5. The summed E-state index contributed by atoms with van der Waals surface area (Å²) in [7, 11) is 0. The summed E-state index contributed by atoms with van der Waals surface area (Å²) >= 11 is 4.46. The first-order valence-electron chi connectivity index (χ1n) is 4.04. The molecule has 6 nitrogen and oxygen atoms in total. The Bertz CT molecular complexity index is 542. The van der Waals surface area contributed by atoms with Crippen molar-refractivity contribution in [3.63, 3.8) is 0 Å². The number of hydrogen-bond donors (Lipinski definition) is 1. The molecule has 2 aromatic rings. The number of aromatic nitrogens is 4. The van der Waals surface area contributed by atoms with Crippen molar-refractivity contribution in [2.75, 3.05) is 0 Å². The van der Waals surface area contributed by atoms with Crippen LogP contribution in [0.4, 0.5) is 5.95 Å². The first kappa shape index (κ1) is 8.95. The predicted octanol–water partition coefficient (Wildman–Crippen LogP) is 0.501. The monoisotopic (exact) mass is 209 g/mol. The van der Waals surface area contributed by atoms with Crippen LogP contribution in [0.5, 0.6) is 0 Å². The highest BCUT2D eigenvalue weighted by Crippen LogP contribution is 2.08. The van der Waals surface area contributed by atoms with Gasteiger partial charge in [-0.25, -0.2) is 4.98 Å². The van der Waals surface area contributed by atoms with Crippen LogP contribution in [0, 0.1) is 0 Å². The van der Waals surface area contributed by atoms with Gasteiger partial charge in [0.2, 0.25) is 5.95 Å².